The van der Waals surface area contributed by atoms with Gasteiger partial charge in [-0.05, 0) is 6.07 Å². The van der Waals surface area contributed by atoms with Crippen molar-refractivity contribution >= 4 is 21.4 Å². The Labute approximate surface area is 94.4 Å². The Hall–Kier alpha value is -1.50. The molecule has 0 bridgehead atoms. The predicted molar refractivity (Wildman–Crippen MR) is 61.9 cm³/mol. The Bertz CT molecular complexity index is 490. The van der Waals surface area contributed by atoms with Gasteiger partial charge in [0.15, 0.2) is 0 Å². The highest BCUT2D eigenvalue weighted by atomic mass is 32.2. The van der Waals surface area contributed by atoms with Crippen LogP contribution >= 0.6 is 0 Å². The van der Waals surface area contributed by atoms with Gasteiger partial charge in [-0.25, -0.2) is 8.42 Å². The minimum Gasteiger partial charge on any atom is -0.397 e. The van der Waals surface area contributed by atoms with Crippen molar-refractivity contribution in [1.82, 2.24) is 9.88 Å². The largest absolute Gasteiger partial charge is 0.397 e. The van der Waals surface area contributed by atoms with Crippen molar-refractivity contribution in [1.29, 1.82) is 0 Å². The molecule has 0 aliphatic carbocycles. The van der Waals surface area contributed by atoms with E-state index in [-0.39, 0.29) is 18.2 Å². The van der Waals surface area contributed by atoms with Crippen molar-refractivity contribution in [3.8, 4) is 0 Å². The average Bonchev–Trinajstić information content (AvgIpc) is 2.43. The number of aryl methyl sites for hydroxylation is 1. The lowest BCUT2D eigenvalue weighted by molar-refractivity contribution is 0.0948. The number of aromatic nitrogens is 1. The minimum atomic E-state index is -3.05. The Kier molecular flexibility index (Phi) is 3.58. The van der Waals surface area contributed by atoms with Gasteiger partial charge in [0.05, 0.1) is 11.4 Å². The Morgan fingerprint density at radius 3 is 2.62 bits per heavy atom. The molecule has 1 aromatic rings. The summed E-state index contributed by atoms with van der Waals surface area (Å²) in [6.07, 6.45) is 2.74. The molecule has 0 aliphatic heterocycles. The SMILES string of the molecule is Cn1cc(N)cc1C(=O)NCCS(C)(=O)=O. The topological polar surface area (TPSA) is 94.2 Å². The van der Waals surface area contributed by atoms with E-state index in [1.807, 2.05) is 0 Å². The maximum atomic E-state index is 11.6. The number of rotatable bonds is 4. The fourth-order valence-electron chi connectivity index (χ4n) is 1.26. The standard InChI is InChI=1S/C9H15N3O3S/c1-12-6-7(10)5-8(12)9(13)11-3-4-16(2,14)15/h5-6H,3-4,10H2,1-2H3,(H,11,13). The molecular weight excluding hydrogens is 230 g/mol. The van der Waals surface area contributed by atoms with Crippen molar-refractivity contribution in [3.63, 3.8) is 0 Å². The van der Waals surface area contributed by atoms with E-state index in [2.05, 4.69) is 5.32 Å². The molecule has 0 unspecified atom stereocenters. The van der Waals surface area contributed by atoms with Crippen LogP contribution in [-0.4, -0.2) is 37.4 Å². The molecule has 1 heterocycles. The number of sulfone groups is 1. The first-order chi connectivity index (χ1) is 7.29. The van der Waals surface area contributed by atoms with E-state index in [1.54, 1.807) is 17.8 Å². The highest BCUT2D eigenvalue weighted by Gasteiger charge is 2.11. The molecule has 0 saturated heterocycles. The van der Waals surface area contributed by atoms with Crippen LogP contribution in [-0.2, 0) is 16.9 Å². The molecule has 16 heavy (non-hydrogen) atoms. The molecule has 0 saturated carbocycles. The van der Waals surface area contributed by atoms with Crippen LogP contribution in [0.2, 0.25) is 0 Å². The van der Waals surface area contributed by atoms with Gasteiger partial charge < -0.3 is 15.6 Å². The fraction of sp³-hybridized carbons (Fsp3) is 0.444. The van der Waals surface area contributed by atoms with Crippen LogP contribution in [0, 0.1) is 0 Å². The molecule has 90 valence electrons. The summed E-state index contributed by atoms with van der Waals surface area (Å²) in [5.41, 5.74) is 6.42. The van der Waals surface area contributed by atoms with Gasteiger partial charge in [0.25, 0.3) is 5.91 Å². The van der Waals surface area contributed by atoms with Crippen LogP contribution in [0.25, 0.3) is 0 Å². The lowest BCUT2D eigenvalue weighted by atomic mass is 10.4. The van der Waals surface area contributed by atoms with E-state index in [0.717, 1.165) is 6.26 Å². The van der Waals surface area contributed by atoms with Gasteiger partial charge >= 0.3 is 0 Å². The quantitative estimate of drug-likeness (QED) is 0.739. The van der Waals surface area contributed by atoms with E-state index in [1.165, 1.54) is 6.07 Å². The number of nitrogen functional groups attached to an aromatic ring is 1. The van der Waals surface area contributed by atoms with Gasteiger partial charge in [-0.3, -0.25) is 4.79 Å². The summed E-state index contributed by atoms with van der Waals surface area (Å²) in [5.74, 6) is -0.401. The molecule has 1 aromatic heterocycles. The first-order valence-corrected chi connectivity index (χ1v) is 6.73. The molecule has 1 amide bonds. The molecule has 7 heteroatoms. The van der Waals surface area contributed by atoms with Gasteiger partial charge in [0.2, 0.25) is 0 Å². The van der Waals surface area contributed by atoms with Crippen molar-refractivity contribution in [2.45, 2.75) is 0 Å². The smallest absolute Gasteiger partial charge is 0.268 e. The highest BCUT2D eigenvalue weighted by Crippen LogP contribution is 2.07. The zero-order valence-electron chi connectivity index (χ0n) is 9.23. The summed E-state index contributed by atoms with van der Waals surface area (Å²) in [4.78, 5) is 11.6. The number of nitrogens with two attached hydrogens (primary N) is 1. The van der Waals surface area contributed by atoms with Crippen LogP contribution in [0.1, 0.15) is 10.5 Å². The van der Waals surface area contributed by atoms with E-state index >= 15 is 0 Å². The zero-order valence-corrected chi connectivity index (χ0v) is 10.0. The first-order valence-electron chi connectivity index (χ1n) is 4.67. The predicted octanol–water partition coefficient (Wildman–Crippen LogP) is -0.618. The molecule has 0 aromatic carbocycles. The van der Waals surface area contributed by atoms with Crippen molar-refractivity contribution in [3.05, 3.63) is 18.0 Å². The maximum absolute atomic E-state index is 11.6. The second kappa shape index (κ2) is 4.56. The molecule has 6 nitrogen and oxygen atoms in total. The molecule has 0 radical (unpaired) electrons. The Balaban J connectivity index is 2.57. The van der Waals surface area contributed by atoms with Crippen LogP contribution < -0.4 is 11.1 Å². The Morgan fingerprint density at radius 1 is 1.56 bits per heavy atom. The number of nitrogens with zero attached hydrogens (tertiary/aromatic N) is 1. The second-order valence-corrected chi connectivity index (χ2v) is 5.92. The van der Waals surface area contributed by atoms with Gasteiger partial charge in [0.1, 0.15) is 15.5 Å². The van der Waals surface area contributed by atoms with Gasteiger partial charge in [-0.2, -0.15) is 0 Å². The van der Waals surface area contributed by atoms with Gasteiger partial charge in [-0.1, -0.05) is 0 Å². The number of anilines is 1. The van der Waals surface area contributed by atoms with Crippen LogP contribution in [0.5, 0.6) is 0 Å². The lowest BCUT2D eigenvalue weighted by Crippen LogP contribution is -2.29. The highest BCUT2D eigenvalue weighted by molar-refractivity contribution is 7.90. The zero-order chi connectivity index (χ0) is 12.3. The number of nitrogens with one attached hydrogen (secondary N) is 1. The third-order valence-electron chi connectivity index (χ3n) is 2.02. The summed E-state index contributed by atoms with van der Waals surface area (Å²) in [7, 11) is -1.36. The number of carbonyl (C=O) groups excluding carboxylic acids is 1. The third kappa shape index (κ3) is 3.58. The van der Waals surface area contributed by atoms with Crippen LogP contribution in [0.4, 0.5) is 5.69 Å². The number of hydrogen-bond acceptors (Lipinski definition) is 4. The lowest BCUT2D eigenvalue weighted by Gasteiger charge is -2.04. The molecule has 0 aliphatic rings. The van der Waals surface area contributed by atoms with E-state index in [0.29, 0.717) is 11.4 Å². The summed E-state index contributed by atoms with van der Waals surface area (Å²) < 4.78 is 23.3. The number of carbonyl (C=O) groups is 1. The van der Waals surface area contributed by atoms with Gasteiger partial charge in [0, 0.05) is 26.0 Å². The van der Waals surface area contributed by atoms with Crippen LogP contribution in [0.3, 0.4) is 0 Å². The van der Waals surface area contributed by atoms with Crippen molar-refractivity contribution in [2.24, 2.45) is 7.05 Å². The Morgan fingerprint density at radius 2 is 2.19 bits per heavy atom. The van der Waals surface area contributed by atoms with E-state index in [4.69, 9.17) is 5.73 Å². The third-order valence-corrected chi connectivity index (χ3v) is 2.96. The fourth-order valence-corrected chi connectivity index (χ4v) is 1.73. The first kappa shape index (κ1) is 12.6. The van der Waals surface area contributed by atoms with Crippen LogP contribution in [0.15, 0.2) is 12.3 Å². The molecule has 0 spiro atoms. The maximum Gasteiger partial charge on any atom is 0.268 e. The molecule has 0 atom stereocenters. The van der Waals surface area contributed by atoms with E-state index in [9.17, 15) is 13.2 Å². The summed E-state index contributed by atoms with van der Waals surface area (Å²) in [5, 5.41) is 2.52. The number of amides is 1. The molecule has 1 rings (SSSR count). The molecule has 0 fully saturated rings. The summed E-state index contributed by atoms with van der Waals surface area (Å²) >= 11 is 0. The van der Waals surface area contributed by atoms with Crippen molar-refractivity contribution < 1.29 is 13.2 Å². The monoisotopic (exact) mass is 245 g/mol. The minimum absolute atomic E-state index is 0.0708. The average molecular weight is 245 g/mol. The van der Waals surface area contributed by atoms with Crippen molar-refractivity contribution in [2.75, 3.05) is 24.3 Å². The molecular formula is C9H15N3O3S. The summed E-state index contributed by atoms with van der Waals surface area (Å²) in [6, 6.07) is 1.54. The summed E-state index contributed by atoms with van der Waals surface area (Å²) in [6.45, 7) is 0.1000. The van der Waals surface area contributed by atoms with E-state index < -0.39 is 9.84 Å². The normalized spacial score (nSPS) is 11.4. The van der Waals surface area contributed by atoms with Gasteiger partial charge in [-0.15, -0.1) is 0 Å². The number of hydrogen-bond donors (Lipinski definition) is 2. The second-order valence-electron chi connectivity index (χ2n) is 3.66. The molecule has 3 N–H and O–H groups in total.